The number of amides is 2. The van der Waals surface area contributed by atoms with Gasteiger partial charge in [0.15, 0.2) is 0 Å². The molecule has 7 heteroatoms. The van der Waals surface area contributed by atoms with Crippen LogP contribution in [0, 0.1) is 17.2 Å². The summed E-state index contributed by atoms with van der Waals surface area (Å²) in [5.74, 6) is -1.33. The van der Waals surface area contributed by atoms with Crippen molar-refractivity contribution in [2.45, 2.75) is 39.8 Å². The molecule has 0 unspecified atom stereocenters. The molecule has 0 radical (unpaired) electrons. The molecule has 1 aliphatic rings. The SMILES string of the molecule is CC(C)(C)C[C@@H]1CN(C(=O)C(=O)NCc2ccc(F)cc2)C[C@H]1N.Cl. The summed E-state index contributed by atoms with van der Waals surface area (Å²) >= 11 is 0. The van der Waals surface area contributed by atoms with Gasteiger partial charge in [0.25, 0.3) is 0 Å². The van der Waals surface area contributed by atoms with E-state index in [2.05, 4.69) is 26.1 Å². The zero-order chi connectivity index (χ0) is 17.9. The van der Waals surface area contributed by atoms with Gasteiger partial charge in [-0.05, 0) is 35.4 Å². The maximum atomic E-state index is 12.8. The Bertz CT molecular complexity index is 601. The quantitative estimate of drug-likeness (QED) is 0.799. The Morgan fingerprint density at radius 2 is 1.84 bits per heavy atom. The third-order valence-electron chi connectivity index (χ3n) is 4.21. The van der Waals surface area contributed by atoms with E-state index in [4.69, 9.17) is 5.73 Å². The highest BCUT2D eigenvalue weighted by molar-refractivity contribution is 6.35. The second-order valence-electron chi connectivity index (χ2n) is 7.71. The van der Waals surface area contributed by atoms with E-state index >= 15 is 0 Å². The predicted octanol–water partition coefficient (Wildman–Crippen LogP) is 2.09. The minimum atomic E-state index is -0.650. The largest absolute Gasteiger partial charge is 0.344 e. The molecule has 2 atom stereocenters. The molecular weight excluding hydrogens is 345 g/mol. The number of nitrogens with two attached hydrogens (primary N) is 1. The van der Waals surface area contributed by atoms with Crippen LogP contribution < -0.4 is 11.1 Å². The Morgan fingerprint density at radius 3 is 2.40 bits per heavy atom. The van der Waals surface area contributed by atoms with Crippen LogP contribution in [-0.2, 0) is 16.1 Å². The first-order chi connectivity index (χ1) is 11.2. The lowest BCUT2D eigenvalue weighted by atomic mass is 9.83. The first-order valence-electron chi connectivity index (χ1n) is 8.23. The lowest BCUT2D eigenvalue weighted by Crippen LogP contribution is -2.42. The normalized spacial score (nSPS) is 20.1. The fourth-order valence-electron chi connectivity index (χ4n) is 3.07. The van der Waals surface area contributed by atoms with Gasteiger partial charge in [-0.1, -0.05) is 32.9 Å². The molecule has 1 saturated heterocycles. The van der Waals surface area contributed by atoms with E-state index < -0.39 is 11.8 Å². The molecule has 25 heavy (non-hydrogen) atoms. The van der Waals surface area contributed by atoms with Gasteiger partial charge in [0.1, 0.15) is 5.82 Å². The highest BCUT2D eigenvalue weighted by Gasteiger charge is 2.36. The van der Waals surface area contributed by atoms with E-state index in [-0.39, 0.29) is 42.1 Å². The molecule has 1 aromatic carbocycles. The van der Waals surface area contributed by atoms with Gasteiger partial charge in [0, 0.05) is 25.7 Å². The number of likely N-dealkylation sites (tertiary alicyclic amines) is 1. The summed E-state index contributed by atoms with van der Waals surface area (Å²) in [6, 6.07) is 5.69. The molecule has 0 aromatic heterocycles. The van der Waals surface area contributed by atoms with Crippen molar-refractivity contribution < 1.29 is 14.0 Å². The summed E-state index contributed by atoms with van der Waals surface area (Å²) < 4.78 is 12.8. The number of rotatable bonds is 3. The van der Waals surface area contributed by atoms with Crippen molar-refractivity contribution in [2.24, 2.45) is 17.1 Å². The van der Waals surface area contributed by atoms with Crippen LogP contribution in [0.25, 0.3) is 0 Å². The van der Waals surface area contributed by atoms with Gasteiger partial charge < -0.3 is 16.0 Å². The molecule has 1 aliphatic heterocycles. The molecule has 1 heterocycles. The lowest BCUT2D eigenvalue weighted by Gasteiger charge is -2.24. The molecule has 1 fully saturated rings. The van der Waals surface area contributed by atoms with Crippen LogP contribution in [0.1, 0.15) is 32.8 Å². The standard InChI is InChI=1S/C18H26FN3O2.ClH/c1-18(2,3)8-13-10-22(11-15(13)20)17(24)16(23)21-9-12-4-6-14(19)7-5-12;/h4-7,13,15H,8-11,20H2,1-3H3,(H,21,23);1H/t13-,15-;/m1./s1. The third kappa shape index (κ3) is 6.29. The van der Waals surface area contributed by atoms with E-state index in [1.54, 1.807) is 12.1 Å². The lowest BCUT2D eigenvalue weighted by molar-refractivity contribution is -0.145. The van der Waals surface area contributed by atoms with Crippen molar-refractivity contribution in [1.29, 1.82) is 0 Å². The second-order valence-corrected chi connectivity index (χ2v) is 7.71. The fourth-order valence-corrected chi connectivity index (χ4v) is 3.07. The smallest absolute Gasteiger partial charge is 0.311 e. The van der Waals surface area contributed by atoms with Crippen molar-refractivity contribution in [3.05, 3.63) is 35.6 Å². The third-order valence-corrected chi connectivity index (χ3v) is 4.21. The van der Waals surface area contributed by atoms with Crippen LogP contribution >= 0.6 is 12.4 Å². The van der Waals surface area contributed by atoms with E-state index in [9.17, 15) is 14.0 Å². The van der Waals surface area contributed by atoms with E-state index in [1.807, 2.05) is 0 Å². The summed E-state index contributed by atoms with van der Waals surface area (Å²) in [5, 5.41) is 2.58. The monoisotopic (exact) mass is 371 g/mol. The van der Waals surface area contributed by atoms with Crippen LogP contribution in [0.4, 0.5) is 4.39 Å². The van der Waals surface area contributed by atoms with Crippen molar-refractivity contribution in [3.63, 3.8) is 0 Å². The first-order valence-corrected chi connectivity index (χ1v) is 8.23. The van der Waals surface area contributed by atoms with Crippen LogP contribution in [-0.4, -0.2) is 35.8 Å². The molecular formula is C18H27ClFN3O2. The predicted molar refractivity (Wildman–Crippen MR) is 97.6 cm³/mol. The number of nitrogens with one attached hydrogen (secondary N) is 1. The van der Waals surface area contributed by atoms with Gasteiger partial charge in [-0.3, -0.25) is 9.59 Å². The second kappa shape index (κ2) is 8.63. The van der Waals surface area contributed by atoms with Crippen molar-refractivity contribution in [1.82, 2.24) is 10.2 Å². The molecule has 5 nitrogen and oxygen atoms in total. The molecule has 140 valence electrons. The Morgan fingerprint density at radius 1 is 1.24 bits per heavy atom. The Kier molecular flexibility index (Phi) is 7.38. The number of halogens is 2. The Balaban J connectivity index is 0.00000312. The van der Waals surface area contributed by atoms with Gasteiger partial charge in [0.2, 0.25) is 0 Å². The average Bonchev–Trinajstić information content (AvgIpc) is 2.84. The van der Waals surface area contributed by atoms with Crippen molar-refractivity contribution in [2.75, 3.05) is 13.1 Å². The maximum Gasteiger partial charge on any atom is 0.311 e. The van der Waals surface area contributed by atoms with Crippen LogP contribution in [0.2, 0.25) is 0 Å². The molecule has 0 spiro atoms. The van der Waals surface area contributed by atoms with Crippen molar-refractivity contribution >= 4 is 24.2 Å². The first kappa shape index (κ1) is 21.4. The summed E-state index contributed by atoms with van der Waals surface area (Å²) in [6.07, 6.45) is 0.912. The van der Waals surface area contributed by atoms with Gasteiger partial charge in [0.05, 0.1) is 0 Å². The van der Waals surface area contributed by atoms with Crippen molar-refractivity contribution in [3.8, 4) is 0 Å². The molecule has 2 amide bonds. The number of hydrogen-bond donors (Lipinski definition) is 2. The Labute approximate surface area is 154 Å². The maximum absolute atomic E-state index is 12.8. The minimum absolute atomic E-state index is 0. The fraction of sp³-hybridized carbons (Fsp3) is 0.556. The topological polar surface area (TPSA) is 75.4 Å². The zero-order valence-electron chi connectivity index (χ0n) is 14.9. The molecule has 1 aromatic rings. The van der Waals surface area contributed by atoms with Gasteiger partial charge >= 0.3 is 11.8 Å². The van der Waals surface area contributed by atoms with Gasteiger partial charge in [-0.2, -0.15) is 0 Å². The van der Waals surface area contributed by atoms with E-state index in [0.717, 1.165) is 12.0 Å². The summed E-state index contributed by atoms with van der Waals surface area (Å²) in [4.78, 5) is 25.9. The minimum Gasteiger partial charge on any atom is -0.344 e. The summed E-state index contributed by atoms with van der Waals surface area (Å²) in [7, 11) is 0. The number of benzene rings is 1. The molecule has 3 N–H and O–H groups in total. The Hall–Kier alpha value is -1.66. The highest BCUT2D eigenvalue weighted by Crippen LogP contribution is 2.29. The van der Waals surface area contributed by atoms with Crippen LogP contribution in [0.3, 0.4) is 0 Å². The van der Waals surface area contributed by atoms with E-state index in [0.29, 0.717) is 13.1 Å². The zero-order valence-corrected chi connectivity index (χ0v) is 15.7. The number of carbonyl (C=O) groups is 2. The summed E-state index contributed by atoms with van der Waals surface area (Å²) in [6.45, 7) is 7.53. The van der Waals surface area contributed by atoms with Gasteiger partial charge in [-0.15, -0.1) is 12.4 Å². The number of nitrogens with zero attached hydrogens (tertiary/aromatic N) is 1. The van der Waals surface area contributed by atoms with Gasteiger partial charge in [-0.25, -0.2) is 4.39 Å². The van der Waals surface area contributed by atoms with Crippen LogP contribution in [0.15, 0.2) is 24.3 Å². The average molecular weight is 372 g/mol. The number of hydrogen-bond acceptors (Lipinski definition) is 3. The molecule has 0 bridgehead atoms. The van der Waals surface area contributed by atoms with E-state index in [1.165, 1.54) is 17.0 Å². The van der Waals surface area contributed by atoms with Crippen LogP contribution in [0.5, 0.6) is 0 Å². The highest BCUT2D eigenvalue weighted by atomic mass is 35.5. The molecule has 0 aliphatic carbocycles. The number of carbonyl (C=O) groups excluding carboxylic acids is 2. The molecule has 0 saturated carbocycles. The summed E-state index contributed by atoms with van der Waals surface area (Å²) in [5.41, 5.74) is 7.00. The molecule has 2 rings (SSSR count).